The molecule has 0 aromatic heterocycles. The van der Waals surface area contributed by atoms with E-state index in [2.05, 4.69) is 15.9 Å². The number of hydrogen-bond acceptors (Lipinski definition) is 6. The van der Waals surface area contributed by atoms with E-state index in [0.717, 1.165) is 0 Å². The molecule has 0 spiro atoms. The minimum Gasteiger partial charge on any atom is -0.467 e. The summed E-state index contributed by atoms with van der Waals surface area (Å²) in [6.07, 6.45) is 0.0962. The molecule has 0 radical (unpaired) electrons. The van der Waals surface area contributed by atoms with Gasteiger partial charge in [0, 0.05) is 25.2 Å². The first-order valence-corrected chi connectivity index (χ1v) is 6.88. The maximum absolute atomic E-state index is 11.6. The van der Waals surface area contributed by atoms with E-state index in [-0.39, 0.29) is 41.4 Å². The minimum absolute atomic E-state index is 0.00233. The molecule has 6 nitrogen and oxygen atoms in total. The van der Waals surface area contributed by atoms with Gasteiger partial charge in [0.1, 0.15) is 17.3 Å². The Morgan fingerprint density at radius 1 is 1.10 bits per heavy atom. The molecular weight excluding hydrogens is 344 g/mol. The standard InChI is InChI=1S/C14H15BrO6/c1-9(16)3-4-13(17)21-12-6-10(14(15)18)5-11(7-12)20-8-19-2/h5-7H,3-4,8H2,1-2H3. The molecule has 0 saturated carbocycles. The lowest BCUT2D eigenvalue weighted by Gasteiger charge is -2.09. The molecule has 0 unspecified atom stereocenters. The van der Waals surface area contributed by atoms with Crippen LogP contribution in [0.4, 0.5) is 0 Å². The lowest BCUT2D eigenvalue weighted by Crippen LogP contribution is -2.10. The normalized spacial score (nSPS) is 10.0. The van der Waals surface area contributed by atoms with Gasteiger partial charge in [0.15, 0.2) is 6.79 Å². The van der Waals surface area contributed by atoms with Crippen LogP contribution in [-0.4, -0.2) is 30.3 Å². The fraction of sp³-hybridized carbons (Fsp3) is 0.357. The Labute approximate surface area is 130 Å². The smallest absolute Gasteiger partial charge is 0.311 e. The van der Waals surface area contributed by atoms with Crippen molar-refractivity contribution in [3.8, 4) is 11.5 Å². The number of esters is 1. The van der Waals surface area contributed by atoms with Crippen molar-refractivity contribution in [2.45, 2.75) is 19.8 Å². The molecule has 21 heavy (non-hydrogen) atoms. The van der Waals surface area contributed by atoms with Gasteiger partial charge in [-0.1, -0.05) is 0 Å². The number of halogens is 1. The zero-order valence-corrected chi connectivity index (χ0v) is 13.3. The monoisotopic (exact) mass is 358 g/mol. The number of hydrogen-bond donors (Lipinski definition) is 0. The Kier molecular flexibility index (Phi) is 7.04. The third-order valence-corrected chi connectivity index (χ3v) is 2.82. The molecule has 7 heteroatoms. The molecular formula is C14H15BrO6. The molecule has 0 N–H and O–H groups in total. The summed E-state index contributed by atoms with van der Waals surface area (Å²) >= 11 is 2.82. The Morgan fingerprint density at radius 2 is 1.76 bits per heavy atom. The van der Waals surface area contributed by atoms with Crippen LogP contribution in [0, 0.1) is 0 Å². The van der Waals surface area contributed by atoms with Gasteiger partial charge in [-0.05, 0) is 35.0 Å². The van der Waals surface area contributed by atoms with Crippen LogP contribution in [-0.2, 0) is 14.3 Å². The predicted molar refractivity (Wildman–Crippen MR) is 77.8 cm³/mol. The third kappa shape index (κ3) is 6.50. The highest BCUT2D eigenvalue weighted by molar-refractivity contribution is 9.18. The third-order valence-electron chi connectivity index (χ3n) is 2.36. The van der Waals surface area contributed by atoms with E-state index >= 15 is 0 Å². The van der Waals surface area contributed by atoms with Gasteiger partial charge in [-0.2, -0.15) is 0 Å². The Hall–Kier alpha value is -1.73. The van der Waals surface area contributed by atoms with Crippen molar-refractivity contribution in [2.75, 3.05) is 13.9 Å². The van der Waals surface area contributed by atoms with Gasteiger partial charge in [-0.25, -0.2) is 0 Å². The topological polar surface area (TPSA) is 78.9 Å². The fourth-order valence-electron chi connectivity index (χ4n) is 1.42. The number of rotatable bonds is 8. The zero-order chi connectivity index (χ0) is 15.8. The summed E-state index contributed by atoms with van der Waals surface area (Å²) in [5.41, 5.74) is 0.276. The second kappa shape index (κ2) is 8.53. The number of benzene rings is 1. The summed E-state index contributed by atoms with van der Waals surface area (Å²) < 4.78 is 14.7. The summed E-state index contributed by atoms with van der Waals surface area (Å²) in [5.74, 6) is -0.154. The van der Waals surface area contributed by atoms with Crippen LogP contribution < -0.4 is 9.47 Å². The lowest BCUT2D eigenvalue weighted by molar-refractivity contribution is -0.135. The van der Waals surface area contributed by atoms with Crippen LogP contribution >= 0.6 is 15.9 Å². The molecule has 0 aliphatic carbocycles. The van der Waals surface area contributed by atoms with Crippen LogP contribution in [0.3, 0.4) is 0 Å². The summed E-state index contributed by atoms with van der Waals surface area (Å²) in [7, 11) is 1.46. The quantitative estimate of drug-likeness (QED) is 0.307. The molecule has 0 bridgehead atoms. The van der Waals surface area contributed by atoms with E-state index in [1.54, 1.807) is 0 Å². The second-order valence-corrected chi connectivity index (χ2v) is 4.91. The Morgan fingerprint density at radius 3 is 2.33 bits per heavy atom. The highest BCUT2D eigenvalue weighted by Crippen LogP contribution is 2.25. The number of methoxy groups -OCH3 is 1. The van der Waals surface area contributed by atoms with Gasteiger partial charge >= 0.3 is 5.97 Å². The number of carbonyl (C=O) groups is 3. The highest BCUT2D eigenvalue weighted by atomic mass is 79.9. The molecule has 1 aromatic rings. The van der Waals surface area contributed by atoms with Gasteiger partial charge < -0.3 is 19.0 Å². The van der Waals surface area contributed by atoms with Crippen LogP contribution in [0.1, 0.15) is 30.1 Å². The largest absolute Gasteiger partial charge is 0.467 e. The van der Waals surface area contributed by atoms with Crippen molar-refractivity contribution >= 4 is 32.4 Å². The first-order chi connectivity index (χ1) is 9.92. The average Bonchev–Trinajstić information content (AvgIpc) is 2.42. The van der Waals surface area contributed by atoms with Crippen molar-refractivity contribution < 1.29 is 28.6 Å². The van der Waals surface area contributed by atoms with E-state index < -0.39 is 5.97 Å². The van der Waals surface area contributed by atoms with E-state index in [9.17, 15) is 14.4 Å². The lowest BCUT2D eigenvalue weighted by atomic mass is 10.2. The number of carbonyl (C=O) groups excluding carboxylic acids is 3. The van der Waals surface area contributed by atoms with Crippen LogP contribution in [0.2, 0.25) is 0 Å². The SMILES string of the molecule is COCOc1cc(OC(=O)CCC(C)=O)cc(C(=O)Br)c1. The Balaban J connectivity index is 2.84. The molecule has 1 aromatic carbocycles. The van der Waals surface area contributed by atoms with E-state index in [1.165, 1.54) is 32.2 Å². The summed E-state index contributed by atoms with van der Waals surface area (Å²) in [5, 5.41) is 0. The molecule has 0 amide bonds. The summed E-state index contributed by atoms with van der Waals surface area (Å²) in [6, 6.07) is 4.36. The first-order valence-electron chi connectivity index (χ1n) is 6.09. The number of ketones is 1. The second-order valence-electron chi connectivity index (χ2n) is 4.19. The van der Waals surface area contributed by atoms with Gasteiger partial charge in [0.2, 0.25) is 4.69 Å². The molecule has 0 heterocycles. The van der Waals surface area contributed by atoms with Crippen LogP contribution in [0.25, 0.3) is 0 Å². The van der Waals surface area contributed by atoms with Crippen molar-refractivity contribution in [2.24, 2.45) is 0 Å². The highest BCUT2D eigenvalue weighted by Gasteiger charge is 2.11. The summed E-state index contributed by atoms with van der Waals surface area (Å²) in [6.45, 7) is 1.39. The maximum Gasteiger partial charge on any atom is 0.311 e. The average molecular weight is 359 g/mol. The van der Waals surface area contributed by atoms with Crippen molar-refractivity contribution in [1.29, 1.82) is 0 Å². The van der Waals surface area contributed by atoms with Gasteiger partial charge in [-0.15, -0.1) is 0 Å². The molecule has 0 saturated heterocycles. The predicted octanol–water partition coefficient (Wildman–Crippen LogP) is 2.48. The number of ether oxygens (including phenoxy) is 3. The molecule has 0 fully saturated rings. The molecule has 1 rings (SSSR count). The van der Waals surface area contributed by atoms with Gasteiger partial charge in [0.25, 0.3) is 0 Å². The zero-order valence-electron chi connectivity index (χ0n) is 11.7. The fourth-order valence-corrected chi connectivity index (χ4v) is 1.64. The molecule has 0 aliphatic heterocycles. The van der Waals surface area contributed by atoms with Crippen molar-refractivity contribution in [3.05, 3.63) is 23.8 Å². The van der Waals surface area contributed by atoms with E-state index in [0.29, 0.717) is 5.75 Å². The molecule has 114 valence electrons. The van der Waals surface area contributed by atoms with Crippen molar-refractivity contribution in [3.63, 3.8) is 0 Å². The first kappa shape index (κ1) is 17.3. The molecule has 0 aliphatic rings. The Bertz CT molecular complexity index is 540. The van der Waals surface area contributed by atoms with Crippen LogP contribution in [0.5, 0.6) is 11.5 Å². The van der Waals surface area contributed by atoms with E-state index in [4.69, 9.17) is 14.2 Å². The van der Waals surface area contributed by atoms with Gasteiger partial charge in [0.05, 0.1) is 6.42 Å². The van der Waals surface area contributed by atoms with Gasteiger partial charge in [-0.3, -0.25) is 9.59 Å². The maximum atomic E-state index is 11.6. The number of Topliss-reactive ketones (excluding diaryl/α,β-unsaturated/α-hetero) is 1. The van der Waals surface area contributed by atoms with Crippen molar-refractivity contribution in [1.82, 2.24) is 0 Å². The summed E-state index contributed by atoms with van der Waals surface area (Å²) in [4.78, 5) is 33.8. The minimum atomic E-state index is -0.554. The van der Waals surface area contributed by atoms with Crippen LogP contribution in [0.15, 0.2) is 18.2 Å². The van der Waals surface area contributed by atoms with E-state index in [1.807, 2.05) is 0 Å². The molecule has 0 atom stereocenters.